The molecule has 0 radical (unpaired) electrons. The Morgan fingerprint density at radius 3 is 1.06 bits per heavy atom. The maximum Gasteiger partial charge on any atom is 0.163 e. The number of aliphatic hydroxyl groups excluding tert-OH is 1. The van der Waals surface area contributed by atoms with E-state index in [4.69, 9.17) is 75.8 Å². The number of hydrogen-bond donors (Lipinski definition) is 1. The van der Waals surface area contributed by atoms with Crippen LogP contribution in [-0.2, 0) is 75.8 Å². The maximum atomic E-state index is 11.3. The third-order valence-electron chi connectivity index (χ3n) is 12.3. The molecule has 0 aromatic heterocycles. The first-order chi connectivity index (χ1) is 25.9. The van der Waals surface area contributed by atoms with E-state index in [1.807, 2.05) is 55.4 Å². The molecule has 0 spiro atoms. The van der Waals surface area contributed by atoms with E-state index in [0.717, 1.165) is 0 Å². The monoisotopic (exact) mass is 776 g/mol. The Bertz CT molecular complexity index is 1250. The minimum Gasteiger partial charge on any atom is -0.390 e. The van der Waals surface area contributed by atoms with E-state index in [1.165, 1.54) is 0 Å². The van der Waals surface area contributed by atoms with Crippen LogP contribution in [0.25, 0.3) is 0 Å². The quantitative estimate of drug-likeness (QED) is 0.396. The average molecular weight is 777 g/mol. The number of aliphatic hydroxyl groups is 1. The lowest BCUT2D eigenvalue weighted by molar-refractivity contribution is -0.414. The molecule has 8 heterocycles. The van der Waals surface area contributed by atoms with Crippen LogP contribution in [0.4, 0.5) is 0 Å². The van der Waals surface area contributed by atoms with Gasteiger partial charge in [-0.2, -0.15) is 0 Å². The van der Waals surface area contributed by atoms with Gasteiger partial charge in [0.2, 0.25) is 0 Å². The summed E-state index contributed by atoms with van der Waals surface area (Å²) < 4.78 is 100. The van der Waals surface area contributed by atoms with Crippen molar-refractivity contribution in [3.63, 3.8) is 0 Å². The first-order valence-electron chi connectivity index (χ1n) is 19.8. The normalized spacial score (nSPS) is 56.6. The molecule has 0 amide bonds. The maximum absolute atomic E-state index is 11.3. The van der Waals surface area contributed by atoms with Crippen molar-refractivity contribution in [1.29, 1.82) is 0 Å². The highest BCUT2D eigenvalue weighted by Crippen LogP contribution is 2.43. The first-order valence-corrected chi connectivity index (χ1v) is 19.8. The Hall–Kier alpha value is -0.680. The predicted molar refractivity (Wildman–Crippen MR) is 180 cm³/mol. The molecule has 24 atom stereocenters. The Balaban J connectivity index is 1.03. The zero-order valence-electron chi connectivity index (χ0n) is 32.7. The second-order valence-corrected chi connectivity index (χ2v) is 16.1. The molecule has 12 unspecified atom stereocenters. The van der Waals surface area contributed by atoms with E-state index in [2.05, 4.69) is 0 Å². The molecule has 1 N–H and O–H groups in total. The van der Waals surface area contributed by atoms with Crippen LogP contribution in [-0.4, -0.2) is 162 Å². The summed E-state index contributed by atoms with van der Waals surface area (Å²) in [4.78, 5) is 0. The van der Waals surface area contributed by atoms with Gasteiger partial charge >= 0.3 is 0 Å². The van der Waals surface area contributed by atoms with Crippen molar-refractivity contribution in [3.8, 4) is 0 Å². The molecule has 0 saturated carbocycles. The highest BCUT2D eigenvalue weighted by atomic mass is 16.8. The number of ether oxygens (including phenoxy) is 16. The summed E-state index contributed by atoms with van der Waals surface area (Å²) in [5, 5.41) is 11.3. The molecule has 0 aliphatic carbocycles. The number of fused-ring (bicyclic) bond motifs is 4. The van der Waals surface area contributed by atoms with Gasteiger partial charge in [0.15, 0.2) is 50.3 Å². The van der Waals surface area contributed by atoms with Crippen LogP contribution in [0, 0.1) is 23.7 Å². The van der Waals surface area contributed by atoms with Gasteiger partial charge in [-0.15, -0.1) is 0 Å². The van der Waals surface area contributed by atoms with Gasteiger partial charge in [0.1, 0.15) is 48.8 Å². The van der Waals surface area contributed by atoms with Gasteiger partial charge in [-0.1, -0.05) is 27.7 Å². The van der Waals surface area contributed by atoms with Crippen LogP contribution < -0.4 is 0 Å². The second-order valence-electron chi connectivity index (χ2n) is 16.1. The first kappa shape index (κ1) is 40.1. The van der Waals surface area contributed by atoms with E-state index in [1.54, 1.807) is 7.11 Å². The van der Waals surface area contributed by atoms with Gasteiger partial charge in [0.25, 0.3) is 0 Å². The minimum atomic E-state index is -0.820. The number of hydrogen-bond acceptors (Lipinski definition) is 17. The zero-order chi connectivity index (χ0) is 38.0. The van der Waals surface area contributed by atoms with Crippen molar-refractivity contribution >= 4 is 0 Å². The molecule has 8 saturated heterocycles. The molecule has 8 aliphatic rings. The standard InChI is InChI=1S/C37H60O17/c1-14-26(38)30-22(10-40-18(5)44-30)49-35(14)52-28-16(3)37(51-24-12-42-20(7)46-32(24)28)54-29-17(4)36(50-25-13-43-21(8)47-33(25)29)53-27-15(2)34(39-9)48-23-11-41-19(6)45-31(23)27/h14-38H,10-13H2,1-9H3/t14?,15?,16?,17?,18?,19?,20?,21?,22?,23?,24?,25?,26-,27-,28-,29-,30-,31-,32-,33-,34-,35+,36+,37+/m1/s1. The van der Waals surface area contributed by atoms with E-state index >= 15 is 0 Å². The fourth-order valence-corrected chi connectivity index (χ4v) is 9.14. The predicted octanol–water partition coefficient (Wildman–Crippen LogP) is 1.64. The number of methoxy groups -OCH3 is 1. The summed E-state index contributed by atoms with van der Waals surface area (Å²) in [5.41, 5.74) is 0. The highest BCUT2D eigenvalue weighted by Gasteiger charge is 2.57. The Morgan fingerprint density at radius 2 is 0.685 bits per heavy atom. The zero-order valence-corrected chi connectivity index (χ0v) is 32.7. The van der Waals surface area contributed by atoms with Crippen molar-refractivity contribution in [2.75, 3.05) is 33.5 Å². The largest absolute Gasteiger partial charge is 0.390 e. The van der Waals surface area contributed by atoms with Crippen molar-refractivity contribution in [2.45, 2.75) is 179 Å². The summed E-state index contributed by atoms with van der Waals surface area (Å²) in [6, 6.07) is 0. The van der Waals surface area contributed by atoms with Crippen LogP contribution in [0.5, 0.6) is 0 Å². The molecule has 0 aromatic rings. The molecule has 0 aromatic carbocycles. The van der Waals surface area contributed by atoms with Crippen LogP contribution in [0.3, 0.4) is 0 Å². The third-order valence-corrected chi connectivity index (χ3v) is 12.3. The highest BCUT2D eigenvalue weighted by molar-refractivity contribution is 4.99. The van der Waals surface area contributed by atoms with Crippen molar-refractivity contribution in [3.05, 3.63) is 0 Å². The molecule has 310 valence electrons. The molecule has 8 rings (SSSR count). The summed E-state index contributed by atoms with van der Waals surface area (Å²) in [6.07, 6.45) is -10.7. The lowest BCUT2D eigenvalue weighted by atomic mass is 9.88. The summed E-state index contributed by atoms with van der Waals surface area (Å²) in [7, 11) is 1.62. The minimum absolute atomic E-state index is 0.188. The third kappa shape index (κ3) is 7.77. The van der Waals surface area contributed by atoms with E-state index in [-0.39, 0.29) is 37.1 Å². The summed E-state index contributed by atoms with van der Waals surface area (Å²) >= 11 is 0. The molecule has 8 fully saturated rings. The van der Waals surface area contributed by atoms with Crippen LogP contribution in [0.2, 0.25) is 0 Å². The van der Waals surface area contributed by atoms with Gasteiger partial charge in [-0.05, 0) is 27.7 Å². The van der Waals surface area contributed by atoms with Crippen molar-refractivity contribution in [2.24, 2.45) is 23.7 Å². The second kappa shape index (κ2) is 16.5. The van der Waals surface area contributed by atoms with Gasteiger partial charge in [0, 0.05) is 30.8 Å². The smallest absolute Gasteiger partial charge is 0.163 e. The van der Waals surface area contributed by atoms with Gasteiger partial charge < -0.3 is 80.9 Å². The molecule has 17 nitrogen and oxygen atoms in total. The average Bonchev–Trinajstić information content (AvgIpc) is 3.15. The summed E-state index contributed by atoms with van der Waals surface area (Å²) in [5.74, 6) is -1.29. The molecular formula is C37H60O17. The Labute approximate surface area is 316 Å². The van der Waals surface area contributed by atoms with E-state index in [0.29, 0.717) is 13.2 Å². The van der Waals surface area contributed by atoms with Crippen LogP contribution in [0.1, 0.15) is 55.4 Å². The molecular weight excluding hydrogens is 716 g/mol. The molecule has 17 heteroatoms. The van der Waals surface area contributed by atoms with Gasteiger partial charge in [0.05, 0.1) is 50.8 Å². The van der Waals surface area contributed by atoms with E-state index < -0.39 is 123 Å². The summed E-state index contributed by atoms with van der Waals surface area (Å²) in [6.45, 7) is 16.6. The molecule has 54 heavy (non-hydrogen) atoms. The topological polar surface area (TPSA) is 168 Å². The van der Waals surface area contributed by atoms with Crippen molar-refractivity contribution < 1.29 is 80.9 Å². The molecule has 0 bridgehead atoms. The van der Waals surface area contributed by atoms with Crippen molar-refractivity contribution in [1.82, 2.24) is 0 Å². The van der Waals surface area contributed by atoms with E-state index in [9.17, 15) is 5.11 Å². The van der Waals surface area contributed by atoms with Crippen LogP contribution >= 0.6 is 0 Å². The Kier molecular flexibility index (Phi) is 12.3. The lowest BCUT2D eigenvalue weighted by Crippen LogP contribution is -2.67. The van der Waals surface area contributed by atoms with Crippen LogP contribution in [0.15, 0.2) is 0 Å². The number of rotatable bonds is 7. The lowest BCUT2D eigenvalue weighted by Gasteiger charge is -2.54. The van der Waals surface area contributed by atoms with Gasteiger partial charge in [-0.25, -0.2) is 0 Å². The molecule has 8 aliphatic heterocycles. The van der Waals surface area contributed by atoms with Gasteiger partial charge in [-0.3, -0.25) is 0 Å². The fourth-order valence-electron chi connectivity index (χ4n) is 9.14. The SMILES string of the molecule is CO[C@@H]1OC2COC(C)O[C@H]2[C@H](O[C@@H]2OC3COC(C)O[C@H]3[C@H](O[C@@H]3OC4COC(C)O[C@H]4[C@H](O[C@@H]4OC5COC(C)O[C@H]5[C@H](O)C4C)C3C)C2C)C1C. The fraction of sp³-hybridized carbons (Fsp3) is 1.00. The Morgan fingerprint density at radius 1 is 0.389 bits per heavy atom.